The molecule has 2 aromatic carbocycles. The van der Waals surface area contributed by atoms with Gasteiger partial charge in [0.25, 0.3) is 0 Å². The van der Waals surface area contributed by atoms with Gasteiger partial charge in [0.1, 0.15) is 11.5 Å². The number of benzene rings is 2. The predicted molar refractivity (Wildman–Crippen MR) is 149 cm³/mol. The van der Waals surface area contributed by atoms with E-state index in [0.29, 0.717) is 12.0 Å². The Balaban J connectivity index is 0.00000171. The number of amidine groups is 1. The summed E-state index contributed by atoms with van der Waals surface area (Å²) in [6.07, 6.45) is 2.87. The third-order valence-corrected chi connectivity index (χ3v) is 8.10. The number of fused-ring (bicyclic) bond motifs is 2. The number of rotatable bonds is 4. The van der Waals surface area contributed by atoms with Gasteiger partial charge in [0, 0.05) is 42.9 Å². The van der Waals surface area contributed by atoms with Gasteiger partial charge in [-0.15, -0.1) is 36.2 Å². The molecule has 0 N–H and O–H groups in total. The molecule has 4 nitrogen and oxygen atoms in total. The first-order valence-electron chi connectivity index (χ1n) is 11.8. The summed E-state index contributed by atoms with van der Waals surface area (Å²) in [5, 5.41) is 1.19. The molecule has 0 saturated carbocycles. The van der Waals surface area contributed by atoms with Crippen LogP contribution in [0.1, 0.15) is 52.9 Å². The lowest BCUT2D eigenvalue weighted by atomic mass is 10.0. The van der Waals surface area contributed by atoms with E-state index in [1.165, 1.54) is 21.0 Å². The van der Waals surface area contributed by atoms with E-state index in [1.807, 2.05) is 23.5 Å². The SMILES string of the molecule is CC(C)c1nc2c(s1)Cc1ccccc1N=C2N1CCN(C)[C@@H](CCc2ccc(F)cc2)C1.Cl.Cl. The van der Waals surface area contributed by atoms with Gasteiger partial charge in [-0.05, 0) is 49.2 Å². The maximum atomic E-state index is 13.3. The fraction of sp³-hybridized carbons (Fsp3) is 0.407. The van der Waals surface area contributed by atoms with Crippen molar-refractivity contribution in [3.05, 3.63) is 81.1 Å². The lowest BCUT2D eigenvalue weighted by Crippen LogP contribution is -2.53. The molecule has 0 amide bonds. The molecule has 35 heavy (non-hydrogen) atoms. The van der Waals surface area contributed by atoms with Gasteiger partial charge in [0.15, 0.2) is 5.84 Å². The van der Waals surface area contributed by atoms with E-state index in [0.717, 1.165) is 56.1 Å². The van der Waals surface area contributed by atoms with Crippen molar-refractivity contribution in [1.29, 1.82) is 0 Å². The standard InChI is InChI=1S/C27H31FN4S.2ClH/c1-18(2)27-30-25-24(33-27)16-20-6-4-5-7-23(20)29-26(25)32-15-14-31(3)22(17-32)13-10-19-8-11-21(28)12-9-19;;/h4-9,11-12,18,22H,10,13-17H2,1-3H3;2*1H/t22-;;/m0../s1. The molecule has 0 radical (unpaired) electrons. The van der Waals surface area contributed by atoms with E-state index < -0.39 is 0 Å². The molecule has 2 aliphatic heterocycles. The van der Waals surface area contributed by atoms with Crippen molar-refractivity contribution in [2.24, 2.45) is 4.99 Å². The van der Waals surface area contributed by atoms with E-state index >= 15 is 0 Å². The number of nitrogens with zero attached hydrogens (tertiary/aromatic N) is 4. The number of aryl methyl sites for hydroxylation is 1. The fourth-order valence-corrected chi connectivity index (χ4v) is 5.76. The molecule has 188 valence electrons. The van der Waals surface area contributed by atoms with Crippen LogP contribution in [0.4, 0.5) is 10.1 Å². The van der Waals surface area contributed by atoms with E-state index in [4.69, 9.17) is 9.98 Å². The van der Waals surface area contributed by atoms with Crippen LogP contribution in [-0.2, 0) is 12.8 Å². The largest absolute Gasteiger partial charge is 0.352 e. The number of aromatic nitrogens is 1. The molecule has 0 bridgehead atoms. The van der Waals surface area contributed by atoms with Gasteiger partial charge in [-0.3, -0.25) is 4.90 Å². The van der Waals surface area contributed by atoms with Gasteiger partial charge in [-0.2, -0.15) is 0 Å². The lowest BCUT2D eigenvalue weighted by molar-refractivity contribution is 0.134. The molecule has 3 heterocycles. The Bertz CT molecular complexity index is 1160. The molecule has 1 fully saturated rings. The Morgan fingerprint density at radius 1 is 1.06 bits per heavy atom. The van der Waals surface area contributed by atoms with Crippen LogP contribution in [0.25, 0.3) is 0 Å². The molecule has 2 aliphatic rings. The number of likely N-dealkylation sites (N-methyl/N-ethyl adjacent to an activating group) is 1. The number of piperazine rings is 1. The Hall–Kier alpha value is -1.99. The van der Waals surface area contributed by atoms with Gasteiger partial charge in [-0.25, -0.2) is 14.4 Å². The van der Waals surface area contributed by atoms with Gasteiger partial charge < -0.3 is 4.90 Å². The zero-order chi connectivity index (χ0) is 22.9. The quantitative estimate of drug-likeness (QED) is 0.383. The molecule has 1 aromatic heterocycles. The molecule has 0 spiro atoms. The molecule has 3 aromatic rings. The maximum absolute atomic E-state index is 13.3. The normalized spacial score (nSPS) is 17.6. The molecule has 1 atom stereocenters. The molecule has 8 heteroatoms. The van der Waals surface area contributed by atoms with Crippen LogP contribution in [0, 0.1) is 5.82 Å². The Labute approximate surface area is 224 Å². The van der Waals surface area contributed by atoms with Crippen molar-refractivity contribution >= 4 is 47.7 Å². The topological polar surface area (TPSA) is 31.7 Å². The summed E-state index contributed by atoms with van der Waals surface area (Å²) in [4.78, 5) is 16.5. The van der Waals surface area contributed by atoms with Gasteiger partial charge >= 0.3 is 0 Å². The highest BCUT2D eigenvalue weighted by molar-refractivity contribution is 7.12. The van der Waals surface area contributed by atoms with Crippen molar-refractivity contribution < 1.29 is 4.39 Å². The highest BCUT2D eigenvalue weighted by Gasteiger charge is 2.31. The summed E-state index contributed by atoms with van der Waals surface area (Å²) in [5.74, 6) is 1.26. The summed E-state index contributed by atoms with van der Waals surface area (Å²) >= 11 is 1.84. The minimum atomic E-state index is -0.175. The van der Waals surface area contributed by atoms with Gasteiger partial charge in [0.2, 0.25) is 0 Å². The smallest absolute Gasteiger partial charge is 0.156 e. The fourth-order valence-electron chi connectivity index (χ4n) is 4.68. The summed E-state index contributed by atoms with van der Waals surface area (Å²) in [7, 11) is 2.21. The van der Waals surface area contributed by atoms with Crippen LogP contribution in [-0.4, -0.2) is 53.3 Å². The van der Waals surface area contributed by atoms with Crippen LogP contribution in [0.15, 0.2) is 53.5 Å². The summed E-state index contributed by atoms with van der Waals surface area (Å²) in [6, 6.07) is 15.8. The molecule has 1 saturated heterocycles. The highest BCUT2D eigenvalue weighted by atomic mass is 35.5. The first-order valence-corrected chi connectivity index (χ1v) is 12.7. The summed E-state index contributed by atoms with van der Waals surface area (Å²) in [6.45, 7) is 7.28. The summed E-state index contributed by atoms with van der Waals surface area (Å²) < 4.78 is 13.3. The van der Waals surface area contributed by atoms with E-state index in [1.54, 1.807) is 12.1 Å². The number of hydrogen-bond acceptors (Lipinski definition) is 5. The second-order valence-corrected chi connectivity index (χ2v) is 10.6. The number of thiazole rings is 1. The number of para-hydroxylation sites is 1. The van der Waals surface area contributed by atoms with E-state index in [2.05, 4.69) is 55.0 Å². The van der Waals surface area contributed by atoms with Crippen molar-refractivity contribution in [2.75, 3.05) is 26.7 Å². The molecular weight excluding hydrogens is 502 g/mol. The van der Waals surface area contributed by atoms with Crippen LogP contribution < -0.4 is 0 Å². The highest BCUT2D eigenvalue weighted by Crippen LogP contribution is 2.35. The van der Waals surface area contributed by atoms with Crippen molar-refractivity contribution in [3.8, 4) is 0 Å². The van der Waals surface area contributed by atoms with E-state index in [9.17, 15) is 4.39 Å². The van der Waals surface area contributed by atoms with Crippen molar-refractivity contribution in [1.82, 2.24) is 14.8 Å². The molecular formula is C27H33Cl2FN4S. The zero-order valence-electron chi connectivity index (χ0n) is 20.4. The van der Waals surface area contributed by atoms with Gasteiger partial charge in [-0.1, -0.05) is 44.2 Å². The first-order chi connectivity index (χ1) is 16.0. The number of halogens is 3. The third kappa shape index (κ3) is 6.05. The first kappa shape index (κ1) is 27.6. The molecule has 0 unspecified atom stereocenters. The van der Waals surface area contributed by atoms with Crippen LogP contribution in [0.3, 0.4) is 0 Å². The van der Waals surface area contributed by atoms with Gasteiger partial charge in [0.05, 0.1) is 10.7 Å². The van der Waals surface area contributed by atoms with Crippen LogP contribution in [0.5, 0.6) is 0 Å². The Morgan fingerprint density at radius 2 is 1.80 bits per heavy atom. The summed E-state index contributed by atoms with van der Waals surface area (Å²) in [5.41, 5.74) is 4.59. The van der Waals surface area contributed by atoms with Crippen molar-refractivity contribution in [2.45, 2.75) is 45.1 Å². The van der Waals surface area contributed by atoms with Crippen molar-refractivity contribution in [3.63, 3.8) is 0 Å². The minimum Gasteiger partial charge on any atom is -0.352 e. The second-order valence-electron chi connectivity index (χ2n) is 9.47. The molecule has 5 rings (SSSR count). The zero-order valence-corrected chi connectivity index (χ0v) is 22.9. The predicted octanol–water partition coefficient (Wildman–Crippen LogP) is 6.48. The monoisotopic (exact) mass is 534 g/mol. The average Bonchev–Trinajstić information content (AvgIpc) is 3.16. The van der Waals surface area contributed by atoms with Crippen LogP contribution in [0.2, 0.25) is 0 Å². The number of hydrogen-bond donors (Lipinski definition) is 0. The minimum absolute atomic E-state index is 0. The average molecular weight is 536 g/mol. The van der Waals surface area contributed by atoms with E-state index in [-0.39, 0.29) is 30.6 Å². The third-order valence-electron chi connectivity index (χ3n) is 6.74. The van der Waals surface area contributed by atoms with Crippen LogP contribution >= 0.6 is 36.2 Å². The Morgan fingerprint density at radius 3 is 2.54 bits per heavy atom. The second kappa shape index (κ2) is 11.8. The molecule has 0 aliphatic carbocycles. The maximum Gasteiger partial charge on any atom is 0.156 e. The number of aliphatic imine (C=N–C) groups is 1. The Kier molecular flexibility index (Phi) is 9.33. The lowest BCUT2D eigenvalue weighted by Gasteiger charge is -2.40.